The number of halogens is 1. The first-order valence-corrected chi connectivity index (χ1v) is 8.74. The van der Waals surface area contributed by atoms with E-state index in [2.05, 4.69) is 26.2 Å². The molecule has 0 saturated heterocycles. The van der Waals surface area contributed by atoms with Gasteiger partial charge in [0.25, 0.3) is 0 Å². The molecule has 0 bridgehead atoms. The van der Waals surface area contributed by atoms with Crippen LogP contribution in [0.25, 0.3) is 0 Å². The van der Waals surface area contributed by atoms with Crippen molar-refractivity contribution in [3.63, 3.8) is 0 Å². The van der Waals surface area contributed by atoms with Crippen molar-refractivity contribution < 1.29 is 9.53 Å². The highest BCUT2D eigenvalue weighted by Crippen LogP contribution is 2.36. The number of hydrogen-bond donors (Lipinski definition) is 0. The lowest BCUT2D eigenvalue weighted by Gasteiger charge is -2.27. The van der Waals surface area contributed by atoms with Crippen LogP contribution < -0.4 is 0 Å². The molecule has 0 fully saturated rings. The summed E-state index contributed by atoms with van der Waals surface area (Å²) < 4.78 is 8.48. The van der Waals surface area contributed by atoms with Crippen LogP contribution in [0.3, 0.4) is 0 Å². The standard InChI is InChI=1S/C19H18BrN3O2/c1-14(24)25-19(16-5-3-2-4-6-16)18(13-23-12-11-21-22-23)15-7-9-17(20)10-8-15/h2-12,18-19H,13H2,1H3/t18-,19+/m1/s1. The number of aromatic nitrogens is 3. The molecular weight excluding hydrogens is 382 g/mol. The molecule has 0 unspecified atom stereocenters. The lowest BCUT2D eigenvalue weighted by Crippen LogP contribution is -2.22. The third-order valence-electron chi connectivity index (χ3n) is 3.94. The molecule has 128 valence electrons. The van der Waals surface area contributed by atoms with Crippen LogP contribution in [0.1, 0.15) is 30.1 Å². The topological polar surface area (TPSA) is 57.0 Å². The maximum atomic E-state index is 11.8. The molecule has 1 heterocycles. The van der Waals surface area contributed by atoms with E-state index in [9.17, 15) is 4.79 Å². The second-order valence-electron chi connectivity index (χ2n) is 5.72. The fraction of sp³-hybridized carbons (Fsp3) is 0.211. The summed E-state index contributed by atoms with van der Waals surface area (Å²) in [6.07, 6.45) is 3.04. The van der Waals surface area contributed by atoms with Crippen LogP contribution >= 0.6 is 15.9 Å². The van der Waals surface area contributed by atoms with Crippen molar-refractivity contribution in [2.24, 2.45) is 0 Å². The molecule has 0 aliphatic rings. The van der Waals surface area contributed by atoms with Crippen LogP contribution in [-0.2, 0) is 16.1 Å². The molecule has 1 aromatic heterocycles. The summed E-state index contributed by atoms with van der Waals surface area (Å²) in [7, 11) is 0. The van der Waals surface area contributed by atoms with Crippen LogP contribution in [0.4, 0.5) is 0 Å². The molecule has 25 heavy (non-hydrogen) atoms. The lowest BCUT2D eigenvalue weighted by molar-refractivity contribution is -0.148. The molecule has 0 spiro atoms. The van der Waals surface area contributed by atoms with E-state index in [1.807, 2.05) is 60.8 Å². The van der Waals surface area contributed by atoms with Crippen molar-refractivity contribution in [2.75, 3.05) is 0 Å². The second kappa shape index (κ2) is 8.07. The van der Waals surface area contributed by atoms with Gasteiger partial charge in [-0.2, -0.15) is 0 Å². The number of esters is 1. The largest absolute Gasteiger partial charge is 0.457 e. The normalized spacial score (nSPS) is 13.2. The highest BCUT2D eigenvalue weighted by molar-refractivity contribution is 9.10. The zero-order valence-corrected chi connectivity index (χ0v) is 15.3. The maximum Gasteiger partial charge on any atom is 0.303 e. The number of nitrogens with zero attached hydrogens (tertiary/aromatic N) is 3. The van der Waals surface area contributed by atoms with Gasteiger partial charge in [-0.1, -0.05) is 63.6 Å². The van der Waals surface area contributed by atoms with E-state index >= 15 is 0 Å². The smallest absolute Gasteiger partial charge is 0.303 e. The summed E-state index contributed by atoms with van der Waals surface area (Å²) in [6.45, 7) is 1.98. The van der Waals surface area contributed by atoms with Crippen molar-refractivity contribution >= 4 is 21.9 Å². The van der Waals surface area contributed by atoms with Gasteiger partial charge in [-0.25, -0.2) is 0 Å². The zero-order chi connectivity index (χ0) is 17.6. The molecule has 3 rings (SSSR count). The molecule has 6 heteroatoms. The van der Waals surface area contributed by atoms with Gasteiger partial charge in [-0.3, -0.25) is 9.48 Å². The number of benzene rings is 2. The summed E-state index contributed by atoms with van der Waals surface area (Å²) in [5, 5.41) is 7.94. The first kappa shape index (κ1) is 17.4. The maximum absolute atomic E-state index is 11.8. The van der Waals surface area contributed by atoms with E-state index < -0.39 is 6.10 Å². The van der Waals surface area contributed by atoms with Gasteiger partial charge in [-0.15, -0.1) is 5.10 Å². The summed E-state index contributed by atoms with van der Waals surface area (Å²) in [5.41, 5.74) is 2.01. The Labute approximate surface area is 154 Å². The fourth-order valence-electron chi connectivity index (χ4n) is 2.82. The van der Waals surface area contributed by atoms with Crippen molar-refractivity contribution in [2.45, 2.75) is 25.5 Å². The van der Waals surface area contributed by atoms with Crippen molar-refractivity contribution in [3.05, 3.63) is 82.6 Å². The first-order chi connectivity index (χ1) is 12.1. The molecule has 0 amide bonds. The second-order valence-corrected chi connectivity index (χ2v) is 6.64. The number of hydrogen-bond acceptors (Lipinski definition) is 4. The van der Waals surface area contributed by atoms with E-state index in [1.165, 1.54) is 6.92 Å². The van der Waals surface area contributed by atoms with E-state index in [0.29, 0.717) is 6.54 Å². The van der Waals surface area contributed by atoms with Gasteiger partial charge in [0.05, 0.1) is 12.7 Å². The molecule has 2 aromatic carbocycles. The Hall–Kier alpha value is -2.47. The molecule has 0 radical (unpaired) electrons. The minimum absolute atomic E-state index is 0.0962. The first-order valence-electron chi connectivity index (χ1n) is 7.95. The molecule has 0 aliphatic heterocycles. The minimum Gasteiger partial charge on any atom is -0.457 e. The third-order valence-corrected chi connectivity index (χ3v) is 4.47. The van der Waals surface area contributed by atoms with Crippen molar-refractivity contribution in [1.29, 1.82) is 0 Å². The van der Waals surface area contributed by atoms with Crippen LogP contribution in [-0.4, -0.2) is 21.0 Å². The van der Waals surface area contributed by atoms with Gasteiger partial charge in [0.2, 0.25) is 0 Å². The Balaban J connectivity index is 2.02. The number of rotatable bonds is 6. The quantitative estimate of drug-likeness (QED) is 0.584. The Morgan fingerprint density at radius 1 is 1.12 bits per heavy atom. The zero-order valence-electron chi connectivity index (χ0n) is 13.7. The number of ether oxygens (including phenoxy) is 1. The summed E-state index contributed by atoms with van der Waals surface area (Å²) in [4.78, 5) is 11.8. The monoisotopic (exact) mass is 399 g/mol. The van der Waals surface area contributed by atoms with Gasteiger partial charge >= 0.3 is 5.97 Å². The van der Waals surface area contributed by atoms with Crippen LogP contribution in [0.5, 0.6) is 0 Å². The Kier molecular flexibility index (Phi) is 5.60. The predicted molar refractivity (Wildman–Crippen MR) is 97.9 cm³/mol. The average Bonchev–Trinajstić information content (AvgIpc) is 3.13. The van der Waals surface area contributed by atoms with E-state index in [1.54, 1.807) is 10.9 Å². The summed E-state index contributed by atoms with van der Waals surface area (Å²) in [5.74, 6) is -0.407. The van der Waals surface area contributed by atoms with Crippen LogP contribution in [0.15, 0.2) is 71.5 Å². The Morgan fingerprint density at radius 2 is 1.84 bits per heavy atom. The van der Waals surface area contributed by atoms with Gasteiger partial charge in [0.15, 0.2) is 0 Å². The van der Waals surface area contributed by atoms with Crippen molar-refractivity contribution in [1.82, 2.24) is 15.0 Å². The van der Waals surface area contributed by atoms with E-state index in [0.717, 1.165) is 15.6 Å². The van der Waals surface area contributed by atoms with Gasteiger partial charge in [0, 0.05) is 23.5 Å². The number of carbonyl (C=O) groups is 1. The summed E-state index contributed by atoms with van der Waals surface area (Å²) in [6, 6.07) is 17.8. The lowest BCUT2D eigenvalue weighted by atomic mass is 9.89. The number of carbonyl (C=O) groups excluding carboxylic acids is 1. The van der Waals surface area contributed by atoms with Gasteiger partial charge in [-0.05, 0) is 23.3 Å². The molecule has 5 nitrogen and oxygen atoms in total. The highest BCUT2D eigenvalue weighted by atomic mass is 79.9. The van der Waals surface area contributed by atoms with Crippen LogP contribution in [0, 0.1) is 0 Å². The van der Waals surface area contributed by atoms with Gasteiger partial charge < -0.3 is 4.74 Å². The average molecular weight is 400 g/mol. The highest BCUT2D eigenvalue weighted by Gasteiger charge is 2.28. The molecular formula is C19H18BrN3O2. The molecule has 2 atom stereocenters. The Bertz CT molecular complexity index is 804. The molecule has 0 N–H and O–H groups in total. The minimum atomic E-state index is -0.413. The molecule has 0 aliphatic carbocycles. The Morgan fingerprint density at radius 3 is 2.44 bits per heavy atom. The van der Waals surface area contributed by atoms with E-state index in [-0.39, 0.29) is 11.9 Å². The van der Waals surface area contributed by atoms with Crippen molar-refractivity contribution in [3.8, 4) is 0 Å². The molecule has 3 aromatic rings. The predicted octanol–water partition coefficient (Wildman–Crippen LogP) is 4.13. The van der Waals surface area contributed by atoms with E-state index in [4.69, 9.17) is 4.74 Å². The van der Waals surface area contributed by atoms with Gasteiger partial charge in [0.1, 0.15) is 6.10 Å². The third kappa shape index (κ3) is 4.54. The molecule has 0 saturated carbocycles. The summed E-state index contributed by atoms with van der Waals surface area (Å²) >= 11 is 3.46. The fourth-order valence-corrected chi connectivity index (χ4v) is 3.09. The SMILES string of the molecule is CC(=O)O[C@@H](c1ccccc1)[C@H](Cn1ccnn1)c1ccc(Br)cc1. The van der Waals surface area contributed by atoms with Crippen LogP contribution in [0.2, 0.25) is 0 Å².